The molecule has 8 heteroatoms. The fraction of sp³-hybridized carbons (Fsp3) is 0.625. The Morgan fingerprint density at radius 3 is 2.79 bits per heavy atom. The number of fused-ring (bicyclic) bond motifs is 1. The number of ether oxygens (including phenoxy) is 1. The second-order valence-corrected chi connectivity index (χ2v) is 7.60. The van der Waals surface area contributed by atoms with Crippen molar-refractivity contribution in [3.63, 3.8) is 0 Å². The summed E-state index contributed by atoms with van der Waals surface area (Å²) < 4.78 is 5.44. The Morgan fingerprint density at radius 2 is 2.17 bits per heavy atom. The second-order valence-electron chi connectivity index (χ2n) is 7.60. The second kappa shape index (κ2) is 5.61. The van der Waals surface area contributed by atoms with E-state index in [0.717, 1.165) is 0 Å². The molecule has 1 amide bonds. The van der Waals surface area contributed by atoms with Crippen molar-refractivity contribution in [1.82, 2.24) is 10.3 Å². The molecule has 1 aromatic heterocycles. The van der Waals surface area contributed by atoms with Crippen molar-refractivity contribution >= 4 is 17.5 Å². The highest BCUT2D eigenvalue weighted by Crippen LogP contribution is 2.42. The van der Waals surface area contributed by atoms with Crippen LogP contribution < -0.4 is 10.2 Å². The van der Waals surface area contributed by atoms with Crippen LogP contribution in [-0.4, -0.2) is 40.7 Å². The van der Waals surface area contributed by atoms with Gasteiger partial charge in [0.2, 0.25) is 0 Å². The molecular weight excluding hydrogens is 312 g/mol. The van der Waals surface area contributed by atoms with Gasteiger partial charge in [0.1, 0.15) is 18.0 Å². The van der Waals surface area contributed by atoms with Crippen LogP contribution in [0.5, 0.6) is 0 Å². The van der Waals surface area contributed by atoms with Crippen LogP contribution in [0.1, 0.15) is 27.7 Å². The molecule has 3 rings (SSSR count). The molecular formula is C16H22N4O4. The zero-order valence-corrected chi connectivity index (χ0v) is 14.2. The Kier molecular flexibility index (Phi) is 3.85. The molecule has 2 fully saturated rings. The molecule has 24 heavy (non-hydrogen) atoms. The van der Waals surface area contributed by atoms with Crippen LogP contribution in [0.2, 0.25) is 0 Å². The summed E-state index contributed by atoms with van der Waals surface area (Å²) in [4.78, 5) is 28.7. The first kappa shape index (κ1) is 16.5. The fourth-order valence-electron chi connectivity index (χ4n) is 3.92. The molecule has 0 bridgehead atoms. The van der Waals surface area contributed by atoms with Crippen LogP contribution in [0.4, 0.5) is 16.2 Å². The van der Waals surface area contributed by atoms with Gasteiger partial charge >= 0.3 is 11.8 Å². The van der Waals surface area contributed by atoms with Crippen LogP contribution in [0.25, 0.3) is 0 Å². The minimum absolute atomic E-state index is 0.0253. The molecule has 0 radical (unpaired) electrons. The van der Waals surface area contributed by atoms with E-state index in [-0.39, 0.29) is 35.2 Å². The largest absolute Gasteiger partial charge is 0.444 e. The number of alkyl carbamates (subject to hydrolysis) is 1. The van der Waals surface area contributed by atoms with Gasteiger partial charge in [-0.1, -0.05) is 27.7 Å². The van der Waals surface area contributed by atoms with E-state index in [1.807, 2.05) is 11.8 Å². The van der Waals surface area contributed by atoms with Gasteiger partial charge in [0, 0.05) is 18.7 Å². The SMILES string of the molecule is C[C@@H]1CN(c2ccncc2[N+](=O)[O-])C(C(C)(C)C)[C@H]2NC(=O)O[C@@H]12. The molecule has 1 unspecified atom stereocenters. The molecule has 2 aliphatic rings. The predicted molar refractivity (Wildman–Crippen MR) is 87.8 cm³/mol. The molecule has 0 spiro atoms. The monoisotopic (exact) mass is 334 g/mol. The number of hydrogen-bond donors (Lipinski definition) is 1. The summed E-state index contributed by atoms with van der Waals surface area (Å²) in [5, 5.41) is 14.3. The van der Waals surface area contributed by atoms with Gasteiger partial charge in [-0.3, -0.25) is 15.1 Å². The molecule has 0 saturated carbocycles. The summed E-state index contributed by atoms with van der Waals surface area (Å²) in [6.07, 6.45) is 2.19. The van der Waals surface area contributed by atoms with E-state index in [0.29, 0.717) is 12.2 Å². The topological polar surface area (TPSA) is 97.6 Å². The highest BCUT2D eigenvalue weighted by Gasteiger charge is 2.53. The van der Waals surface area contributed by atoms with Gasteiger partial charge in [-0.25, -0.2) is 4.79 Å². The third-order valence-corrected chi connectivity index (χ3v) is 4.77. The Bertz CT molecular complexity index is 672. The van der Waals surface area contributed by atoms with Gasteiger partial charge in [-0.2, -0.15) is 0 Å². The van der Waals surface area contributed by atoms with E-state index in [9.17, 15) is 14.9 Å². The number of hydrogen-bond acceptors (Lipinski definition) is 6. The lowest BCUT2D eigenvalue weighted by Gasteiger charge is -2.50. The molecule has 2 saturated heterocycles. The van der Waals surface area contributed by atoms with E-state index in [2.05, 4.69) is 31.1 Å². The molecule has 2 aliphatic heterocycles. The van der Waals surface area contributed by atoms with E-state index in [4.69, 9.17) is 4.74 Å². The minimum Gasteiger partial charge on any atom is -0.444 e. The van der Waals surface area contributed by atoms with Crippen LogP contribution in [0.15, 0.2) is 18.5 Å². The zero-order chi connectivity index (χ0) is 17.6. The number of carbonyl (C=O) groups excluding carboxylic acids is 1. The summed E-state index contributed by atoms with van der Waals surface area (Å²) in [5.41, 5.74) is 0.283. The van der Waals surface area contributed by atoms with Gasteiger partial charge < -0.3 is 15.0 Å². The van der Waals surface area contributed by atoms with Crippen molar-refractivity contribution < 1.29 is 14.5 Å². The van der Waals surface area contributed by atoms with Crippen molar-refractivity contribution in [3.05, 3.63) is 28.6 Å². The highest BCUT2D eigenvalue weighted by molar-refractivity contribution is 5.72. The van der Waals surface area contributed by atoms with Gasteiger partial charge in [-0.05, 0) is 11.5 Å². The first-order valence-corrected chi connectivity index (χ1v) is 8.02. The van der Waals surface area contributed by atoms with E-state index in [1.54, 1.807) is 12.3 Å². The third-order valence-electron chi connectivity index (χ3n) is 4.77. The smallest absolute Gasteiger partial charge is 0.407 e. The number of aromatic nitrogens is 1. The fourth-order valence-corrected chi connectivity index (χ4v) is 3.92. The first-order valence-electron chi connectivity index (χ1n) is 8.02. The molecule has 3 heterocycles. The molecule has 4 atom stereocenters. The van der Waals surface area contributed by atoms with E-state index >= 15 is 0 Å². The summed E-state index contributed by atoms with van der Waals surface area (Å²) in [6.45, 7) is 8.76. The molecule has 130 valence electrons. The number of nitro groups is 1. The summed E-state index contributed by atoms with van der Waals surface area (Å²) in [5.74, 6) is 0.0559. The lowest BCUT2D eigenvalue weighted by Crippen LogP contribution is -2.64. The normalized spacial score (nSPS) is 29.7. The standard InChI is InChI=1S/C16H22N4O4/c1-9-8-19(10-5-6-17-7-11(10)20(22)23)14(16(2,3)4)12-13(9)24-15(21)18-12/h5-7,9,12-14H,8H2,1-4H3,(H,18,21)/t9-,12+,13+,14?/m1/s1. The lowest BCUT2D eigenvalue weighted by atomic mass is 9.74. The van der Waals surface area contributed by atoms with Crippen LogP contribution in [-0.2, 0) is 4.74 Å². The number of nitrogens with one attached hydrogen (secondary N) is 1. The summed E-state index contributed by atoms with van der Waals surface area (Å²) in [6, 6.07) is 1.32. The average molecular weight is 334 g/mol. The maximum Gasteiger partial charge on any atom is 0.407 e. The van der Waals surface area contributed by atoms with E-state index < -0.39 is 11.0 Å². The highest BCUT2D eigenvalue weighted by atomic mass is 16.6. The predicted octanol–water partition coefficient (Wildman–Crippen LogP) is 2.34. The lowest BCUT2D eigenvalue weighted by molar-refractivity contribution is -0.384. The molecule has 0 aromatic carbocycles. The number of carbonyl (C=O) groups is 1. The van der Waals surface area contributed by atoms with Crippen LogP contribution in [0, 0.1) is 21.4 Å². The first-order chi connectivity index (χ1) is 11.2. The van der Waals surface area contributed by atoms with Crippen molar-refractivity contribution in [3.8, 4) is 0 Å². The Labute approximate surface area is 140 Å². The van der Waals surface area contributed by atoms with Crippen LogP contribution in [0.3, 0.4) is 0 Å². The average Bonchev–Trinajstić information content (AvgIpc) is 2.87. The molecule has 8 nitrogen and oxygen atoms in total. The Balaban J connectivity index is 2.09. The zero-order valence-electron chi connectivity index (χ0n) is 14.2. The minimum atomic E-state index is -0.419. The number of anilines is 1. The van der Waals surface area contributed by atoms with Crippen LogP contribution >= 0.6 is 0 Å². The summed E-state index contributed by atoms with van der Waals surface area (Å²) >= 11 is 0. The Hall–Kier alpha value is -2.38. The molecule has 0 aliphatic carbocycles. The summed E-state index contributed by atoms with van der Waals surface area (Å²) in [7, 11) is 0. The molecule has 1 N–H and O–H groups in total. The molecule has 1 aromatic rings. The van der Waals surface area contributed by atoms with Crippen molar-refractivity contribution in [2.24, 2.45) is 11.3 Å². The number of amides is 1. The Morgan fingerprint density at radius 1 is 1.46 bits per heavy atom. The van der Waals surface area contributed by atoms with Gasteiger partial charge in [0.05, 0.1) is 17.0 Å². The van der Waals surface area contributed by atoms with Gasteiger partial charge in [0.25, 0.3) is 0 Å². The van der Waals surface area contributed by atoms with Gasteiger partial charge in [-0.15, -0.1) is 0 Å². The van der Waals surface area contributed by atoms with Gasteiger partial charge in [0.15, 0.2) is 0 Å². The van der Waals surface area contributed by atoms with E-state index in [1.165, 1.54) is 6.20 Å². The number of pyridine rings is 1. The third kappa shape index (κ3) is 2.65. The number of piperidine rings is 1. The quantitative estimate of drug-likeness (QED) is 0.658. The van der Waals surface area contributed by atoms with Crippen molar-refractivity contribution in [1.29, 1.82) is 0 Å². The maximum atomic E-state index is 11.8. The number of rotatable bonds is 2. The van der Waals surface area contributed by atoms with Crippen molar-refractivity contribution in [2.45, 2.75) is 45.9 Å². The van der Waals surface area contributed by atoms with Crippen molar-refractivity contribution in [2.75, 3.05) is 11.4 Å². The maximum absolute atomic E-state index is 11.8. The number of nitrogens with zero attached hydrogens (tertiary/aromatic N) is 3.